The summed E-state index contributed by atoms with van der Waals surface area (Å²) in [5.41, 5.74) is 4.68. The fourth-order valence-corrected chi connectivity index (χ4v) is 1.72. The summed E-state index contributed by atoms with van der Waals surface area (Å²) in [5.74, 6) is 0. The summed E-state index contributed by atoms with van der Waals surface area (Å²) in [5, 5.41) is 0. The average Bonchev–Trinajstić information content (AvgIpc) is 2.22. The molecule has 0 saturated heterocycles. The van der Waals surface area contributed by atoms with E-state index in [9.17, 15) is 0 Å². The van der Waals surface area contributed by atoms with Crippen molar-refractivity contribution in [2.45, 2.75) is 13.8 Å². The Balaban J connectivity index is 2.63. The van der Waals surface area contributed by atoms with Crippen molar-refractivity contribution in [3.05, 3.63) is 46.4 Å². The summed E-state index contributed by atoms with van der Waals surface area (Å²) in [6.07, 6.45) is 1.73. The molecule has 0 amide bonds. The fourth-order valence-electron chi connectivity index (χ4n) is 1.55. The first-order chi connectivity index (χ1) is 7.16. The molecular weight excluding hydrogens is 204 g/mol. The molecule has 0 fully saturated rings. The SMILES string of the molecule is Cc1ccc(C)c(-c2ccnc(=S)[nH]2)c1. The van der Waals surface area contributed by atoms with Crippen molar-refractivity contribution in [1.82, 2.24) is 9.97 Å². The smallest absolute Gasteiger partial charge is 0.197 e. The predicted molar refractivity (Wildman–Crippen MR) is 64.3 cm³/mol. The molecule has 2 rings (SSSR count). The van der Waals surface area contributed by atoms with E-state index in [1.165, 1.54) is 16.7 Å². The number of H-pyrrole nitrogens is 1. The van der Waals surface area contributed by atoms with Crippen molar-refractivity contribution in [2.75, 3.05) is 0 Å². The van der Waals surface area contributed by atoms with Crippen LogP contribution in [0.1, 0.15) is 11.1 Å². The first-order valence-corrected chi connectivity index (χ1v) is 5.20. The fraction of sp³-hybridized carbons (Fsp3) is 0.167. The molecular formula is C12H12N2S. The number of hydrogen-bond donors (Lipinski definition) is 1. The van der Waals surface area contributed by atoms with Gasteiger partial charge in [0.2, 0.25) is 0 Å². The van der Waals surface area contributed by atoms with Crippen molar-refractivity contribution in [2.24, 2.45) is 0 Å². The van der Waals surface area contributed by atoms with Crippen molar-refractivity contribution in [3.63, 3.8) is 0 Å². The molecule has 1 aromatic carbocycles. The maximum Gasteiger partial charge on any atom is 0.197 e. The van der Waals surface area contributed by atoms with Gasteiger partial charge in [-0.15, -0.1) is 0 Å². The Morgan fingerprint density at radius 1 is 1.20 bits per heavy atom. The van der Waals surface area contributed by atoms with Gasteiger partial charge in [-0.25, -0.2) is 4.98 Å². The normalized spacial score (nSPS) is 10.3. The van der Waals surface area contributed by atoms with Crippen molar-refractivity contribution < 1.29 is 0 Å². The molecule has 15 heavy (non-hydrogen) atoms. The number of aryl methyl sites for hydroxylation is 2. The van der Waals surface area contributed by atoms with E-state index < -0.39 is 0 Å². The second kappa shape index (κ2) is 3.95. The highest BCUT2D eigenvalue weighted by Crippen LogP contribution is 2.21. The van der Waals surface area contributed by atoms with Crippen LogP contribution >= 0.6 is 12.2 Å². The van der Waals surface area contributed by atoms with Crippen LogP contribution in [0.3, 0.4) is 0 Å². The minimum atomic E-state index is 0.522. The molecule has 0 spiro atoms. The molecule has 2 aromatic rings. The Hall–Kier alpha value is -1.48. The Morgan fingerprint density at radius 3 is 2.73 bits per heavy atom. The minimum Gasteiger partial charge on any atom is -0.330 e. The lowest BCUT2D eigenvalue weighted by Gasteiger charge is -2.06. The monoisotopic (exact) mass is 216 g/mol. The van der Waals surface area contributed by atoms with Crippen molar-refractivity contribution in [1.29, 1.82) is 0 Å². The molecule has 76 valence electrons. The number of rotatable bonds is 1. The number of aromatic amines is 1. The van der Waals surface area contributed by atoms with E-state index in [2.05, 4.69) is 42.0 Å². The topological polar surface area (TPSA) is 28.7 Å². The Kier molecular flexibility index (Phi) is 2.64. The quantitative estimate of drug-likeness (QED) is 0.740. The van der Waals surface area contributed by atoms with Crippen LogP contribution in [-0.2, 0) is 0 Å². The van der Waals surface area contributed by atoms with Crippen LogP contribution in [0, 0.1) is 18.6 Å². The van der Waals surface area contributed by atoms with E-state index in [-0.39, 0.29) is 0 Å². The van der Waals surface area contributed by atoms with E-state index >= 15 is 0 Å². The summed E-state index contributed by atoms with van der Waals surface area (Å²) in [7, 11) is 0. The molecule has 0 aliphatic carbocycles. The minimum absolute atomic E-state index is 0.522. The van der Waals surface area contributed by atoms with Crippen LogP contribution in [0.5, 0.6) is 0 Å². The highest BCUT2D eigenvalue weighted by Gasteiger charge is 2.01. The van der Waals surface area contributed by atoms with Gasteiger partial charge in [-0.3, -0.25) is 0 Å². The van der Waals surface area contributed by atoms with Crippen molar-refractivity contribution >= 4 is 12.2 Å². The van der Waals surface area contributed by atoms with Crippen LogP contribution < -0.4 is 0 Å². The van der Waals surface area contributed by atoms with Gasteiger partial charge in [-0.1, -0.05) is 17.7 Å². The van der Waals surface area contributed by atoms with Crippen molar-refractivity contribution in [3.8, 4) is 11.3 Å². The molecule has 0 radical (unpaired) electrons. The molecule has 3 heteroatoms. The van der Waals surface area contributed by atoms with E-state index in [0.29, 0.717) is 4.77 Å². The Labute approximate surface area is 94.0 Å². The van der Waals surface area contributed by atoms with Gasteiger partial charge in [-0.05, 0) is 43.8 Å². The predicted octanol–water partition coefficient (Wildman–Crippen LogP) is 3.42. The molecule has 2 nitrogen and oxygen atoms in total. The van der Waals surface area contributed by atoms with E-state index in [0.717, 1.165) is 5.69 Å². The lowest BCUT2D eigenvalue weighted by atomic mass is 10.0. The number of hydrogen-bond acceptors (Lipinski definition) is 2. The standard InChI is InChI=1S/C12H12N2S/c1-8-3-4-9(2)10(7-8)11-5-6-13-12(15)14-11/h3-7H,1-2H3,(H,13,14,15). The zero-order chi connectivity index (χ0) is 10.8. The number of aromatic nitrogens is 2. The Bertz CT molecular complexity index is 543. The van der Waals surface area contributed by atoms with E-state index in [4.69, 9.17) is 12.2 Å². The number of nitrogens with one attached hydrogen (secondary N) is 1. The third-order valence-electron chi connectivity index (χ3n) is 2.36. The molecule has 0 unspecified atom stereocenters. The lowest BCUT2D eigenvalue weighted by molar-refractivity contribution is 1.13. The lowest BCUT2D eigenvalue weighted by Crippen LogP contribution is -1.89. The zero-order valence-electron chi connectivity index (χ0n) is 8.74. The van der Waals surface area contributed by atoms with Crippen LogP contribution in [0.15, 0.2) is 30.5 Å². The maximum atomic E-state index is 5.01. The Morgan fingerprint density at radius 2 is 2.00 bits per heavy atom. The first kappa shape index (κ1) is 10.1. The van der Waals surface area contributed by atoms with Gasteiger partial charge in [0, 0.05) is 17.5 Å². The van der Waals surface area contributed by atoms with Gasteiger partial charge in [0.1, 0.15) is 0 Å². The largest absolute Gasteiger partial charge is 0.330 e. The van der Waals surface area contributed by atoms with Gasteiger partial charge in [-0.2, -0.15) is 0 Å². The second-order valence-electron chi connectivity index (χ2n) is 3.61. The molecule has 0 bridgehead atoms. The summed E-state index contributed by atoms with van der Waals surface area (Å²) in [4.78, 5) is 7.07. The highest BCUT2D eigenvalue weighted by molar-refractivity contribution is 7.71. The van der Waals surface area contributed by atoms with Gasteiger partial charge >= 0.3 is 0 Å². The van der Waals surface area contributed by atoms with Gasteiger partial charge < -0.3 is 4.98 Å². The summed E-state index contributed by atoms with van der Waals surface area (Å²) in [6.45, 7) is 4.17. The summed E-state index contributed by atoms with van der Waals surface area (Å²) >= 11 is 5.01. The van der Waals surface area contributed by atoms with Crippen LogP contribution in [0.4, 0.5) is 0 Å². The molecule has 1 heterocycles. The highest BCUT2D eigenvalue weighted by atomic mass is 32.1. The molecule has 0 aliphatic rings. The second-order valence-corrected chi connectivity index (χ2v) is 3.99. The van der Waals surface area contributed by atoms with Crippen LogP contribution in [0.2, 0.25) is 0 Å². The molecule has 0 aliphatic heterocycles. The number of nitrogens with zero attached hydrogens (tertiary/aromatic N) is 1. The summed E-state index contributed by atoms with van der Waals surface area (Å²) in [6, 6.07) is 8.31. The maximum absolute atomic E-state index is 5.01. The number of benzene rings is 1. The van der Waals surface area contributed by atoms with Crippen LogP contribution in [0.25, 0.3) is 11.3 Å². The molecule has 0 atom stereocenters. The molecule has 1 N–H and O–H groups in total. The van der Waals surface area contributed by atoms with E-state index in [1.807, 2.05) is 6.07 Å². The third-order valence-corrected chi connectivity index (χ3v) is 2.57. The molecule has 1 aromatic heterocycles. The van der Waals surface area contributed by atoms with Crippen LogP contribution in [-0.4, -0.2) is 9.97 Å². The van der Waals surface area contributed by atoms with Gasteiger partial charge in [0.25, 0.3) is 0 Å². The van der Waals surface area contributed by atoms with Gasteiger partial charge in [0.05, 0.1) is 0 Å². The third kappa shape index (κ3) is 2.13. The molecule has 0 saturated carbocycles. The zero-order valence-corrected chi connectivity index (χ0v) is 9.56. The average molecular weight is 216 g/mol. The first-order valence-electron chi connectivity index (χ1n) is 4.80. The summed E-state index contributed by atoms with van der Waals surface area (Å²) < 4.78 is 0.522. The van der Waals surface area contributed by atoms with E-state index in [1.54, 1.807) is 6.20 Å². The van der Waals surface area contributed by atoms with Gasteiger partial charge in [0.15, 0.2) is 4.77 Å².